The molecule has 7 rings (SSSR count). The van der Waals surface area contributed by atoms with Crippen LogP contribution in [-0.4, -0.2) is 28.2 Å². The minimum absolute atomic E-state index is 0.00215. The van der Waals surface area contributed by atoms with Crippen LogP contribution >= 0.6 is 0 Å². The lowest BCUT2D eigenvalue weighted by Crippen LogP contribution is -2.63. The molecule has 2 aromatic carbocycles. The molecule has 2 aromatic rings. The average molecular weight is 658 g/mol. The van der Waals surface area contributed by atoms with Crippen molar-refractivity contribution in [3.8, 4) is 0 Å². The summed E-state index contributed by atoms with van der Waals surface area (Å²) in [6.45, 7) is 9.91. The number of aliphatic hydroxyl groups is 1. The van der Waals surface area contributed by atoms with Crippen LogP contribution in [-0.2, 0) is 13.0 Å². The summed E-state index contributed by atoms with van der Waals surface area (Å²) in [4.78, 5) is 24.4. The molecule has 0 saturated heterocycles. The third-order valence-corrected chi connectivity index (χ3v) is 15.5. The van der Waals surface area contributed by atoms with Gasteiger partial charge in [-0.1, -0.05) is 58.4 Å². The third-order valence-electron chi connectivity index (χ3n) is 15.5. The zero-order valence-corrected chi connectivity index (χ0v) is 29.5. The molecule has 1 amide bonds. The van der Waals surface area contributed by atoms with Crippen LogP contribution in [0.1, 0.15) is 137 Å². The summed E-state index contributed by atoms with van der Waals surface area (Å²) < 4.78 is 14.6. The van der Waals surface area contributed by atoms with Crippen LogP contribution in [0.25, 0.3) is 0 Å². The lowest BCUT2D eigenvalue weighted by molar-refractivity contribution is -0.214. The van der Waals surface area contributed by atoms with Crippen molar-refractivity contribution in [1.29, 1.82) is 0 Å². The summed E-state index contributed by atoms with van der Waals surface area (Å²) in [6.07, 6.45) is 16.1. The number of amides is 1. The second-order valence-electron chi connectivity index (χ2n) is 17.7. The van der Waals surface area contributed by atoms with Gasteiger partial charge in [0.25, 0.3) is 5.91 Å². The molecule has 9 atom stereocenters. The maximum Gasteiger partial charge on any atom is 0.338 e. The van der Waals surface area contributed by atoms with E-state index in [1.54, 1.807) is 6.07 Å². The maximum absolute atomic E-state index is 14.6. The van der Waals surface area contributed by atoms with Crippen molar-refractivity contribution in [1.82, 2.24) is 5.32 Å². The summed E-state index contributed by atoms with van der Waals surface area (Å²) >= 11 is 0. The predicted molar refractivity (Wildman–Crippen MR) is 186 cm³/mol. The summed E-state index contributed by atoms with van der Waals surface area (Å²) in [5, 5.41) is 23.0. The van der Waals surface area contributed by atoms with Crippen LogP contribution < -0.4 is 5.32 Å². The van der Waals surface area contributed by atoms with E-state index in [4.69, 9.17) is 0 Å². The van der Waals surface area contributed by atoms with Crippen molar-refractivity contribution >= 4 is 11.9 Å². The zero-order valence-electron chi connectivity index (χ0n) is 29.5. The van der Waals surface area contributed by atoms with E-state index in [0.717, 1.165) is 36.5 Å². The molecule has 5 aliphatic carbocycles. The lowest BCUT2D eigenvalue weighted by Gasteiger charge is -2.69. The SMILES string of the molecule is CC1(C)C(O)CCC2(C)C1CCC1(C)C3CCC4(CCc5cccc(C(=O)NCc6cccc(C(=O)O)c6F)c5)CCCC4C3CCC12. The summed E-state index contributed by atoms with van der Waals surface area (Å²) in [6, 6.07) is 12.1. The molecular weight excluding hydrogens is 601 g/mol. The van der Waals surface area contributed by atoms with Crippen molar-refractivity contribution in [3.05, 3.63) is 70.5 Å². The molecular formula is C42H56FNO4. The molecule has 0 heterocycles. The molecule has 6 heteroatoms. The first-order valence-electron chi connectivity index (χ1n) is 18.9. The Morgan fingerprint density at radius 2 is 1.62 bits per heavy atom. The van der Waals surface area contributed by atoms with Gasteiger partial charge in [0.2, 0.25) is 0 Å². The minimum Gasteiger partial charge on any atom is -0.478 e. The Morgan fingerprint density at radius 3 is 2.42 bits per heavy atom. The molecule has 9 unspecified atom stereocenters. The fraction of sp³-hybridized carbons (Fsp3) is 0.667. The number of aromatic carboxylic acids is 1. The summed E-state index contributed by atoms with van der Waals surface area (Å²) in [7, 11) is 0. The van der Waals surface area contributed by atoms with Crippen LogP contribution in [0.15, 0.2) is 42.5 Å². The van der Waals surface area contributed by atoms with Gasteiger partial charge in [0.15, 0.2) is 0 Å². The molecule has 0 aliphatic heterocycles. The number of carboxylic acid groups (broad SMARTS) is 1. The van der Waals surface area contributed by atoms with Gasteiger partial charge in [-0.3, -0.25) is 4.79 Å². The smallest absolute Gasteiger partial charge is 0.338 e. The first-order chi connectivity index (χ1) is 22.8. The Morgan fingerprint density at radius 1 is 0.854 bits per heavy atom. The van der Waals surface area contributed by atoms with Gasteiger partial charge in [0.1, 0.15) is 5.82 Å². The number of aliphatic hydroxyl groups excluding tert-OH is 1. The minimum atomic E-state index is -1.32. The topological polar surface area (TPSA) is 86.6 Å². The van der Waals surface area contributed by atoms with Gasteiger partial charge in [0.05, 0.1) is 11.7 Å². The molecule has 260 valence electrons. The van der Waals surface area contributed by atoms with Gasteiger partial charge in [-0.25, -0.2) is 9.18 Å². The molecule has 3 N–H and O–H groups in total. The number of hydrogen-bond donors (Lipinski definition) is 3. The lowest BCUT2D eigenvalue weighted by atomic mass is 9.36. The Labute approximate surface area is 286 Å². The molecule has 5 aliphatic rings. The van der Waals surface area contributed by atoms with Gasteiger partial charge in [-0.05, 0) is 152 Å². The van der Waals surface area contributed by atoms with E-state index < -0.39 is 11.8 Å². The first kappa shape index (κ1) is 33.8. The first-order valence-corrected chi connectivity index (χ1v) is 18.9. The monoisotopic (exact) mass is 657 g/mol. The Kier molecular flexibility index (Phi) is 8.61. The number of carboxylic acids is 1. The van der Waals surface area contributed by atoms with Crippen molar-refractivity contribution < 1.29 is 24.2 Å². The van der Waals surface area contributed by atoms with Gasteiger partial charge < -0.3 is 15.5 Å². The highest BCUT2D eigenvalue weighted by Crippen LogP contribution is 2.73. The largest absolute Gasteiger partial charge is 0.478 e. The van der Waals surface area contributed by atoms with Crippen LogP contribution in [0.3, 0.4) is 0 Å². The van der Waals surface area contributed by atoms with E-state index in [1.165, 1.54) is 94.4 Å². The van der Waals surface area contributed by atoms with Crippen LogP contribution in [0, 0.1) is 57.1 Å². The zero-order chi connectivity index (χ0) is 34.1. The van der Waals surface area contributed by atoms with E-state index in [-0.39, 0.29) is 35.1 Å². The van der Waals surface area contributed by atoms with Crippen molar-refractivity contribution in [3.63, 3.8) is 0 Å². The highest BCUT2D eigenvalue weighted by atomic mass is 19.1. The molecule has 0 aromatic heterocycles. The fourth-order valence-electron chi connectivity index (χ4n) is 13.2. The number of aryl methyl sites for hydroxylation is 1. The number of hydrogen-bond acceptors (Lipinski definition) is 3. The van der Waals surface area contributed by atoms with Gasteiger partial charge in [0, 0.05) is 17.7 Å². The number of rotatable bonds is 7. The van der Waals surface area contributed by atoms with E-state index >= 15 is 0 Å². The quantitative estimate of drug-likeness (QED) is 0.277. The van der Waals surface area contributed by atoms with Crippen LogP contribution in [0.2, 0.25) is 0 Å². The molecule has 0 radical (unpaired) electrons. The number of halogens is 1. The number of benzene rings is 2. The van der Waals surface area contributed by atoms with Crippen molar-refractivity contribution in [2.45, 2.75) is 124 Å². The number of fused-ring (bicyclic) bond motifs is 7. The van der Waals surface area contributed by atoms with Crippen LogP contribution in [0.4, 0.5) is 4.39 Å². The molecule has 5 saturated carbocycles. The predicted octanol–water partition coefficient (Wildman–Crippen LogP) is 9.21. The molecule has 48 heavy (non-hydrogen) atoms. The highest BCUT2D eigenvalue weighted by Gasteiger charge is 2.66. The molecule has 5 fully saturated rings. The van der Waals surface area contributed by atoms with Crippen molar-refractivity contribution in [2.75, 3.05) is 0 Å². The number of nitrogens with one attached hydrogen (secondary N) is 1. The van der Waals surface area contributed by atoms with Gasteiger partial charge >= 0.3 is 5.97 Å². The number of carbonyl (C=O) groups excluding carboxylic acids is 1. The van der Waals surface area contributed by atoms with Gasteiger partial charge in [-0.15, -0.1) is 0 Å². The third kappa shape index (κ3) is 5.34. The summed E-state index contributed by atoms with van der Waals surface area (Å²) in [5.41, 5.74) is 2.64. The molecule has 0 spiro atoms. The Hall–Kier alpha value is -2.73. The van der Waals surface area contributed by atoms with E-state index in [0.29, 0.717) is 27.7 Å². The second kappa shape index (κ2) is 12.2. The Bertz CT molecular complexity index is 1570. The van der Waals surface area contributed by atoms with E-state index in [9.17, 15) is 24.2 Å². The van der Waals surface area contributed by atoms with E-state index in [2.05, 4.69) is 39.1 Å². The fourth-order valence-corrected chi connectivity index (χ4v) is 13.2. The van der Waals surface area contributed by atoms with Crippen molar-refractivity contribution in [2.24, 2.45) is 51.2 Å². The van der Waals surface area contributed by atoms with Crippen LogP contribution in [0.5, 0.6) is 0 Å². The normalized spacial score (nSPS) is 38.2. The Balaban J connectivity index is 1.02. The number of carbonyl (C=O) groups is 2. The van der Waals surface area contributed by atoms with Gasteiger partial charge in [-0.2, -0.15) is 0 Å². The standard InChI is InChI=1S/C42H56FNO4/c1-39(2)33-17-20-40(3)31-16-23-42(19-7-12-32(42)29(31)13-14-34(40)41(33,4)21-18-35(39)45)22-15-26-8-5-9-27(24-26)37(46)44-25-28-10-6-11-30(36(28)43)38(47)48/h5-6,8-11,24,29,31-35,45H,7,12-23,25H2,1-4H3,(H,44,46)(H,47,48). The average Bonchev–Trinajstić information content (AvgIpc) is 3.50. The molecule has 0 bridgehead atoms. The molecule has 5 nitrogen and oxygen atoms in total. The maximum atomic E-state index is 14.6. The highest BCUT2D eigenvalue weighted by molar-refractivity contribution is 5.94. The summed E-state index contributed by atoms with van der Waals surface area (Å²) in [5.74, 6) is 1.40. The second-order valence-corrected chi connectivity index (χ2v) is 17.7. The van der Waals surface area contributed by atoms with E-state index in [1.807, 2.05) is 12.1 Å².